The fourth-order valence-electron chi connectivity index (χ4n) is 4.59. The van der Waals surface area contributed by atoms with E-state index in [1.165, 1.54) is 6.07 Å². The highest BCUT2D eigenvalue weighted by molar-refractivity contribution is 7.46. The van der Waals surface area contributed by atoms with Gasteiger partial charge in [-0.05, 0) is 25.1 Å². The first-order valence-electron chi connectivity index (χ1n) is 10.2. The van der Waals surface area contributed by atoms with Gasteiger partial charge < -0.3 is 24.1 Å². The van der Waals surface area contributed by atoms with Gasteiger partial charge in [0.05, 0.1) is 11.1 Å². The largest absolute Gasteiger partial charge is 0.524 e. The lowest BCUT2D eigenvalue weighted by Crippen LogP contribution is -2.45. The van der Waals surface area contributed by atoms with Crippen LogP contribution in [0.1, 0.15) is 18.4 Å². The lowest BCUT2D eigenvalue weighted by Gasteiger charge is -2.39. The van der Waals surface area contributed by atoms with E-state index in [1.807, 2.05) is 18.9 Å². The van der Waals surface area contributed by atoms with Gasteiger partial charge >= 0.3 is 7.82 Å². The number of rotatable bonds is 4. The SMILES string of the molecule is CC1CN(C)C[C@@H](O)[C@H]1c1c(OP(=O)(O)O)cc(O)c2c(=O)cc(-c3ccccc3Cl)oc12. The van der Waals surface area contributed by atoms with E-state index in [-0.39, 0.29) is 40.5 Å². The molecule has 1 saturated heterocycles. The second kappa shape index (κ2) is 8.76. The van der Waals surface area contributed by atoms with Crippen molar-refractivity contribution in [2.75, 3.05) is 20.1 Å². The summed E-state index contributed by atoms with van der Waals surface area (Å²) in [6.07, 6.45) is -0.958. The molecule has 0 saturated carbocycles. The Labute approximate surface area is 194 Å². The Bertz CT molecular complexity index is 1310. The van der Waals surface area contributed by atoms with Crippen molar-refractivity contribution in [2.24, 2.45) is 5.92 Å². The summed E-state index contributed by atoms with van der Waals surface area (Å²) in [5.41, 5.74) is -0.184. The highest BCUT2D eigenvalue weighted by Crippen LogP contribution is 2.49. The van der Waals surface area contributed by atoms with Gasteiger partial charge in [-0.15, -0.1) is 0 Å². The topological polar surface area (TPSA) is 141 Å². The first-order chi connectivity index (χ1) is 15.5. The van der Waals surface area contributed by atoms with Crippen LogP contribution in [-0.4, -0.2) is 51.1 Å². The molecule has 9 nitrogen and oxygen atoms in total. The minimum Gasteiger partial charge on any atom is -0.507 e. The third-order valence-electron chi connectivity index (χ3n) is 5.80. The Balaban J connectivity index is 2.08. The Kier molecular flexibility index (Phi) is 6.30. The van der Waals surface area contributed by atoms with Crippen molar-refractivity contribution in [3.8, 4) is 22.8 Å². The van der Waals surface area contributed by atoms with Crippen LogP contribution in [0.15, 0.2) is 45.6 Å². The molecule has 1 aliphatic rings. The number of halogens is 1. The van der Waals surface area contributed by atoms with Crippen LogP contribution in [-0.2, 0) is 4.57 Å². The number of likely N-dealkylation sites (tertiary alicyclic amines) is 1. The number of likely N-dealkylation sites (N-methyl/N-ethyl adjacent to an activating group) is 1. The number of β-amino-alcohol motifs (C(OH)–C–C–N with tert-alkyl or cyclic N) is 1. The predicted molar refractivity (Wildman–Crippen MR) is 123 cm³/mol. The van der Waals surface area contributed by atoms with Crippen LogP contribution in [0, 0.1) is 5.92 Å². The molecule has 3 atom stereocenters. The molecule has 4 N–H and O–H groups in total. The van der Waals surface area contributed by atoms with Crippen LogP contribution in [0.5, 0.6) is 11.5 Å². The smallest absolute Gasteiger partial charge is 0.507 e. The van der Waals surface area contributed by atoms with Gasteiger partial charge in [0.1, 0.15) is 28.2 Å². The number of phosphoric acid groups is 1. The molecule has 3 aromatic rings. The molecule has 2 aromatic carbocycles. The zero-order chi connectivity index (χ0) is 24.1. The molecule has 1 aromatic heterocycles. The molecule has 1 fully saturated rings. The number of phenols is 1. The summed E-state index contributed by atoms with van der Waals surface area (Å²) in [5, 5.41) is 21.6. The number of hydrogen-bond donors (Lipinski definition) is 4. The van der Waals surface area contributed by atoms with Crippen LogP contribution in [0.2, 0.25) is 5.02 Å². The molecular formula is C22H23ClNO8P. The molecule has 0 amide bonds. The quantitative estimate of drug-likeness (QED) is 0.401. The van der Waals surface area contributed by atoms with Crippen molar-refractivity contribution in [1.29, 1.82) is 0 Å². The number of phosphoric ester groups is 1. The molecule has 0 bridgehead atoms. The summed E-state index contributed by atoms with van der Waals surface area (Å²) in [6, 6.07) is 8.85. The normalized spacial score (nSPS) is 21.9. The Morgan fingerprint density at radius 1 is 1.21 bits per heavy atom. The number of fused-ring (bicyclic) bond motifs is 1. The Morgan fingerprint density at radius 2 is 1.91 bits per heavy atom. The first-order valence-corrected chi connectivity index (χ1v) is 12.1. The average Bonchev–Trinajstić information content (AvgIpc) is 2.68. The zero-order valence-electron chi connectivity index (χ0n) is 17.8. The van der Waals surface area contributed by atoms with Crippen LogP contribution < -0.4 is 9.95 Å². The maximum absolute atomic E-state index is 13.0. The minimum atomic E-state index is -5.05. The van der Waals surface area contributed by atoms with E-state index in [2.05, 4.69) is 0 Å². The maximum Gasteiger partial charge on any atom is 0.524 e. The molecule has 33 heavy (non-hydrogen) atoms. The number of benzene rings is 2. The van der Waals surface area contributed by atoms with Gasteiger partial charge in [-0.2, -0.15) is 0 Å². The van der Waals surface area contributed by atoms with E-state index in [0.29, 0.717) is 17.1 Å². The number of phenolic OH excluding ortho intramolecular Hbond substituents is 1. The monoisotopic (exact) mass is 495 g/mol. The van der Waals surface area contributed by atoms with Gasteiger partial charge in [-0.1, -0.05) is 30.7 Å². The number of piperidine rings is 1. The zero-order valence-corrected chi connectivity index (χ0v) is 19.5. The van der Waals surface area contributed by atoms with Crippen LogP contribution >= 0.6 is 19.4 Å². The molecule has 1 unspecified atom stereocenters. The number of aromatic hydroxyl groups is 1. The molecule has 0 radical (unpaired) electrons. The summed E-state index contributed by atoms with van der Waals surface area (Å²) < 4.78 is 22.7. The lowest BCUT2D eigenvalue weighted by molar-refractivity contribution is 0.0344. The number of hydrogen-bond acceptors (Lipinski definition) is 7. The van der Waals surface area contributed by atoms with E-state index < -0.39 is 31.0 Å². The predicted octanol–water partition coefficient (Wildman–Crippen LogP) is 3.32. The van der Waals surface area contributed by atoms with E-state index >= 15 is 0 Å². The van der Waals surface area contributed by atoms with Crippen molar-refractivity contribution in [1.82, 2.24) is 4.90 Å². The second-order valence-corrected chi connectivity index (χ2v) is 9.91. The van der Waals surface area contributed by atoms with Gasteiger partial charge in [0.15, 0.2) is 5.43 Å². The third-order valence-corrected chi connectivity index (χ3v) is 6.56. The van der Waals surface area contributed by atoms with Crippen molar-refractivity contribution < 1.29 is 33.5 Å². The van der Waals surface area contributed by atoms with Gasteiger partial charge in [0.25, 0.3) is 0 Å². The Hall–Kier alpha value is -2.39. The number of aliphatic hydroxyl groups is 1. The summed E-state index contributed by atoms with van der Waals surface area (Å²) in [7, 11) is -3.21. The minimum absolute atomic E-state index is 0.0992. The average molecular weight is 496 g/mol. The fourth-order valence-corrected chi connectivity index (χ4v) is 5.23. The van der Waals surface area contributed by atoms with E-state index in [1.54, 1.807) is 24.3 Å². The molecule has 0 aliphatic carbocycles. The molecular weight excluding hydrogens is 473 g/mol. The molecule has 4 rings (SSSR count). The first kappa shape index (κ1) is 23.8. The van der Waals surface area contributed by atoms with Gasteiger partial charge in [0.2, 0.25) is 0 Å². The molecule has 11 heteroatoms. The summed E-state index contributed by atoms with van der Waals surface area (Å²) >= 11 is 6.28. The van der Waals surface area contributed by atoms with Crippen molar-refractivity contribution in [3.05, 3.63) is 57.2 Å². The van der Waals surface area contributed by atoms with E-state index in [0.717, 1.165) is 6.07 Å². The van der Waals surface area contributed by atoms with Crippen molar-refractivity contribution in [3.63, 3.8) is 0 Å². The lowest BCUT2D eigenvalue weighted by atomic mass is 9.78. The maximum atomic E-state index is 13.0. The highest BCUT2D eigenvalue weighted by Gasteiger charge is 2.39. The van der Waals surface area contributed by atoms with Crippen LogP contribution in [0.4, 0.5) is 0 Å². The van der Waals surface area contributed by atoms with Gasteiger partial charge in [0, 0.05) is 42.3 Å². The van der Waals surface area contributed by atoms with Crippen LogP contribution in [0.25, 0.3) is 22.3 Å². The summed E-state index contributed by atoms with van der Waals surface area (Å²) in [6.45, 7) is 2.70. The van der Waals surface area contributed by atoms with E-state index in [4.69, 9.17) is 20.5 Å². The number of nitrogens with zero attached hydrogens (tertiary/aromatic N) is 1. The molecule has 2 heterocycles. The molecule has 0 spiro atoms. The summed E-state index contributed by atoms with van der Waals surface area (Å²) in [5.74, 6) is -1.74. The van der Waals surface area contributed by atoms with Crippen molar-refractivity contribution in [2.45, 2.75) is 18.9 Å². The van der Waals surface area contributed by atoms with Crippen LogP contribution in [0.3, 0.4) is 0 Å². The third kappa shape index (κ3) is 4.66. The standard InChI is InChI=1S/C22H23ClNO8P/c1-11-9-24(2)10-16(27)19(11)21-18(32-33(28,29)30)8-15(26)20-14(25)7-17(31-22(20)21)12-5-3-4-6-13(12)23/h3-8,11,16,19,26-27H,9-10H2,1-2H3,(H2,28,29,30)/t11?,16-,19+/m1/s1. The van der Waals surface area contributed by atoms with Gasteiger partial charge in [-0.25, -0.2) is 4.57 Å². The fraction of sp³-hybridized carbons (Fsp3) is 0.318. The van der Waals surface area contributed by atoms with Crippen molar-refractivity contribution >= 4 is 30.4 Å². The van der Waals surface area contributed by atoms with E-state index in [9.17, 15) is 29.4 Å². The highest BCUT2D eigenvalue weighted by atomic mass is 35.5. The van der Waals surface area contributed by atoms with Gasteiger partial charge in [-0.3, -0.25) is 14.6 Å². The number of aliphatic hydroxyl groups excluding tert-OH is 1. The molecule has 1 aliphatic heterocycles. The second-order valence-electron chi connectivity index (χ2n) is 8.34. The Morgan fingerprint density at radius 3 is 2.55 bits per heavy atom. The summed E-state index contributed by atoms with van der Waals surface area (Å²) in [4.78, 5) is 33.9. The molecule has 176 valence electrons.